The summed E-state index contributed by atoms with van der Waals surface area (Å²) < 4.78 is 27.0. The molecule has 0 aromatic carbocycles. The third-order valence-electron chi connectivity index (χ3n) is 9.90. The van der Waals surface area contributed by atoms with E-state index in [0.717, 1.165) is 19.4 Å². The normalized spacial score (nSPS) is 23.6. The van der Waals surface area contributed by atoms with Gasteiger partial charge in [-0.2, -0.15) is 0 Å². The van der Waals surface area contributed by atoms with Crippen molar-refractivity contribution in [1.82, 2.24) is 0 Å². The zero-order chi connectivity index (χ0) is 30.6. The summed E-state index contributed by atoms with van der Waals surface area (Å²) in [6.07, 6.45) is 15.5. The number of allylic oxidation sites excluding steroid dienone is 1. The Morgan fingerprint density at radius 1 is 0.950 bits per heavy atom. The zero-order valence-corrected chi connectivity index (χ0v) is 33.1. The predicted molar refractivity (Wildman–Crippen MR) is 182 cm³/mol. The number of hydrogen-bond donors (Lipinski definition) is 0. The van der Waals surface area contributed by atoms with Crippen molar-refractivity contribution in [3.8, 4) is 0 Å². The van der Waals surface area contributed by atoms with Gasteiger partial charge in [0, 0.05) is 0 Å². The minimum atomic E-state index is -2.37. The van der Waals surface area contributed by atoms with Gasteiger partial charge in [0.2, 0.25) is 0 Å². The molecule has 0 spiro atoms. The van der Waals surface area contributed by atoms with E-state index >= 15 is 0 Å². The molecule has 1 rings (SSSR count). The molecule has 0 radical (unpaired) electrons. The van der Waals surface area contributed by atoms with Gasteiger partial charge in [-0.15, -0.1) is 0 Å². The molecule has 0 saturated carbocycles. The molecule has 40 heavy (non-hydrogen) atoms. The summed E-state index contributed by atoms with van der Waals surface area (Å²) in [5.74, 6) is 0.132. The first-order valence-corrected chi connectivity index (χ1v) is 27.5. The van der Waals surface area contributed by atoms with Crippen LogP contribution in [0.5, 0.6) is 0 Å². The van der Waals surface area contributed by atoms with Crippen LogP contribution in [0.1, 0.15) is 128 Å². The average molecular weight is 686 g/mol. The molecule has 1 heterocycles. The van der Waals surface area contributed by atoms with Gasteiger partial charge in [0.25, 0.3) is 0 Å². The van der Waals surface area contributed by atoms with E-state index in [4.69, 9.17) is 13.9 Å². The molecule has 0 aromatic heterocycles. The van der Waals surface area contributed by atoms with Gasteiger partial charge in [-0.05, 0) is 18.1 Å². The fourth-order valence-corrected chi connectivity index (χ4v) is 21.2. The van der Waals surface area contributed by atoms with Gasteiger partial charge in [-0.1, -0.05) is 20.8 Å². The Morgan fingerprint density at radius 2 is 1.48 bits per heavy atom. The Morgan fingerprint density at radius 3 is 1.95 bits per heavy atom. The topological polar surface area (TPSA) is 27.7 Å². The molecule has 236 valence electrons. The van der Waals surface area contributed by atoms with Gasteiger partial charge in [0.15, 0.2) is 8.32 Å². The zero-order valence-electron chi connectivity index (χ0n) is 29.3. The van der Waals surface area contributed by atoms with E-state index in [1.54, 1.807) is 0 Å². The molecule has 0 unspecified atom stereocenters. The van der Waals surface area contributed by atoms with Crippen LogP contribution in [0.3, 0.4) is 0 Å². The molecule has 0 aromatic rings. The first-order chi connectivity index (χ1) is 18.5. The van der Waals surface area contributed by atoms with E-state index in [1.807, 2.05) is 0 Å². The van der Waals surface area contributed by atoms with E-state index in [9.17, 15) is 0 Å². The molecule has 0 aliphatic carbocycles. The first kappa shape index (κ1) is 38.4. The standard InChI is InChI=1S/C23H43O3Si.3C4H9.Sn/c1-12-20-19(4)21(26-23(8,9)25-20)18(3)17(2)15-13-14-16-24-27(10,11)22(5,6)7;3*1-3-4-2;/h1,12,15,18-21H,13-14,16H2,2-11H3;3*1,3-4H2,2H3;/b12-1?,17-15-;;;;/t18-,19-,20+,21+;;;;/m1..../s1. The van der Waals surface area contributed by atoms with Gasteiger partial charge < -0.3 is 0 Å². The maximum absolute atomic E-state index is 6.64. The molecule has 1 fully saturated rings. The molecular weight excluding hydrogens is 615 g/mol. The second kappa shape index (κ2) is 17.6. The third kappa shape index (κ3) is 12.5. The number of unbranched alkanes of at least 4 members (excludes halogenated alkanes) is 4. The van der Waals surface area contributed by atoms with Gasteiger partial charge in [0.05, 0.1) is 0 Å². The van der Waals surface area contributed by atoms with Crippen molar-refractivity contribution in [1.29, 1.82) is 0 Å². The van der Waals surface area contributed by atoms with Crippen molar-refractivity contribution < 1.29 is 13.9 Å². The summed E-state index contributed by atoms with van der Waals surface area (Å²) in [5, 5.41) is 0.271. The number of hydrogen-bond acceptors (Lipinski definition) is 3. The van der Waals surface area contributed by atoms with E-state index in [2.05, 4.69) is 105 Å². The van der Waals surface area contributed by atoms with Gasteiger partial charge in [-0.25, -0.2) is 0 Å². The summed E-state index contributed by atoms with van der Waals surface area (Å²) in [7, 11) is -1.67. The molecule has 1 aliphatic rings. The fraction of sp³-hybridized carbons (Fsp3) is 0.886. The van der Waals surface area contributed by atoms with Crippen LogP contribution >= 0.6 is 0 Å². The monoisotopic (exact) mass is 686 g/mol. The average Bonchev–Trinajstić information content (AvgIpc) is 2.87. The Bertz CT molecular complexity index is 745. The van der Waals surface area contributed by atoms with Crippen LogP contribution in [-0.4, -0.2) is 51.3 Å². The molecular formula is C35H70O3SiSn. The van der Waals surface area contributed by atoms with Crippen LogP contribution in [0.15, 0.2) is 21.8 Å². The van der Waals surface area contributed by atoms with Crippen molar-refractivity contribution in [2.75, 3.05) is 6.61 Å². The summed E-state index contributed by atoms with van der Waals surface area (Å²) in [6, 6.07) is 0. The molecule has 0 bridgehead atoms. The molecule has 4 atom stereocenters. The van der Waals surface area contributed by atoms with Gasteiger partial charge >= 0.3 is 211 Å². The Kier molecular flexibility index (Phi) is 16.9. The van der Waals surface area contributed by atoms with Crippen molar-refractivity contribution in [3.63, 3.8) is 0 Å². The Hall–Kier alpha value is 0.376. The van der Waals surface area contributed by atoms with E-state index < -0.39 is 32.5 Å². The van der Waals surface area contributed by atoms with Crippen molar-refractivity contribution >= 4 is 26.7 Å². The molecule has 0 N–H and O–H groups in total. The molecule has 1 saturated heterocycles. The fourth-order valence-electron chi connectivity index (χ4n) is 5.77. The quantitative estimate of drug-likeness (QED) is 0.0817. The maximum atomic E-state index is 6.64. The number of ether oxygens (including phenoxy) is 2. The molecule has 1 aliphatic heterocycles. The minimum absolute atomic E-state index is 0.128. The van der Waals surface area contributed by atoms with Crippen LogP contribution in [0.2, 0.25) is 31.4 Å². The summed E-state index contributed by atoms with van der Waals surface area (Å²) in [5.41, 5.74) is 1.44. The Labute approximate surface area is 256 Å². The second-order valence-corrected chi connectivity index (χ2v) is 32.8. The predicted octanol–water partition coefficient (Wildman–Crippen LogP) is 11.5. The second-order valence-electron chi connectivity index (χ2n) is 14.9. The summed E-state index contributed by atoms with van der Waals surface area (Å²) >= 11 is -2.37. The summed E-state index contributed by atoms with van der Waals surface area (Å²) in [6.45, 7) is 30.8. The Balaban J connectivity index is 3.00. The van der Waals surface area contributed by atoms with E-state index in [1.165, 1.54) is 57.4 Å². The van der Waals surface area contributed by atoms with Crippen LogP contribution in [0.25, 0.3) is 0 Å². The molecule has 5 heteroatoms. The van der Waals surface area contributed by atoms with Crippen molar-refractivity contribution in [2.45, 2.75) is 177 Å². The van der Waals surface area contributed by atoms with Gasteiger partial charge in [-0.3, -0.25) is 0 Å². The van der Waals surface area contributed by atoms with Crippen LogP contribution in [0.4, 0.5) is 0 Å². The van der Waals surface area contributed by atoms with Crippen LogP contribution in [0, 0.1) is 11.8 Å². The van der Waals surface area contributed by atoms with Crippen LogP contribution in [-0.2, 0) is 13.9 Å². The SMILES string of the molecule is CCC[CH2][Sn](/[CH]=C\[C@@H]1OC(C)(C)O[C@@H]([C@H](C)/C(C)=C\CCCO[Si](C)(C)C(C)(C)C)[C@@H]1C)([CH2]CCC)[CH2]CCC. The van der Waals surface area contributed by atoms with E-state index in [-0.39, 0.29) is 17.2 Å². The first-order valence-electron chi connectivity index (χ1n) is 16.9. The molecule has 0 amide bonds. The van der Waals surface area contributed by atoms with E-state index in [0.29, 0.717) is 11.8 Å². The van der Waals surface area contributed by atoms with Gasteiger partial charge in [0.1, 0.15) is 0 Å². The molecule has 3 nitrogen and oxygen atoms in total. The van der Waals surface area contributed by atoms with Crippen LogP contribution < -0.4 is 0 Å². The van der Waals surface area contributed by atoms with Crippen molar-refractivity contribution in [2.24, 2.45) is 11.8 Å². The third-order valence-corrected chi connectivity index (χ3v) is 28.6. The summed E-state index contributed by atoms with van der Waals surface area (Å²) in [4.78, 5) is 0. The number of rotatable bonds is 18. The van der Waals surface area contributed by atoms with Crippen molar-refractivity contribution in [3.05, 3.63) is 21.8 Å².